The molecule has 0 radical (unpaired) electrons. The zero-order chi connectivity index (χ0) is 18.3. The van der Waals surface area contributed by atoms with Crippen molar-refractivity contribution in [1.82, 2.24) is 5.32 Å². The molecule has 0 aromatic heterocycles. The van der Waals surface area contributed by atoms with Gasteiger partial charge in [-0.05, 0) is 24.7 Å². The van der Waals surface area contributed by atoms with Crippen LogP contribution in [0.15, 0.2) is 24.3 Å². The van der Waals surface area contributed by atoms with Crippen LogP contribution in [0.3, 0.4) is 0 Å². The number of hydrogen-bond donors (Lipinski definition) is 2. The highest BCUT2D eigenvalue weighted by atomic mass is 16.4. The third-order valence-corrected chi connectivity index (χ3v) is 3.76. The van der Waals surface area contributed by atoms with Crippen molar-refractivity contribution in [2.45, 2.75) is 52.6 Å². The standard InChI is InChI=1S/C19H27NO4/c1-12(2)9-16(20-17(19(23)24)10-13(3)4)18(22)15-7-5-14(11-21)6-8-15/h5-8,11-13,16-17,20H,9-10H2,1-4H3,(H,23,24)/t16-,17+/m0/s1. The van der Waals surface area contributed by atoms with Gasteiger partial charge in [-0.3, -0.25) is 19.7 Å². The quantitative estimate of drug-likeness (QED) is 0.507. The van der Waals surface area contributed by atoms with Crippen molar-refractivity contribution < 1.29 is 19.5 Å². The molecule has 1 aromatic carbocycles. The second-order valence-electron chi connectivity index (χ2n) is 6.97. The summed E-state index contributed by atoms with van der Waals surface area (Å²) < 4.78 is 0. The maximum absolute atomic E-state index is 12.8. The number of aldehydes is 1. The lowest BCUT2D eigenvalue weighted by Crippen LogP contribution is -2.48. The Labute approximate surface area is 143 Å². The van der Waals surface area contributed by atoms with Gasteiger partial charge in [0.15, 0.2) is 5.78 Å². The number of nitrogens with one attached hydrogen (secondary N) is 1. The van der Waals surface area contributed by atoms with Gasteiger partial charge in [-0.1, -0.05) is 52.0 Å². The molecule has 1 aromatic rings. The van der Waals surface area contributed by atoms with Gasteiger partial charge in [0.2, 0.25) is 0 Å². The number of aliphatic carboxylic acids is 1. The molecule has 2 N–H and O–H groups in total. The van der Waals surface area contributed by atoms with E-state index in [1.165, 1.54) is 0 Å². The van der Waals surface area contributed by atoms with E-state index in [4.69, 9.17) is 0 Å². The second-order valence-corrected chi connectivity index (χ2v) is 6.97. The third-order valence-electron chi connectivity index (χ3n) is 3.76. The van der Waals surface area contributed by atoms with E-state index in [1.807, 2.05) is 27.7 Å². The SMILES string of the molecule is CC(C)C[C@H](N[C@H](CC(C)C)C(=O)O)C(=O)c1ccc(C=O)cc1. The fourth-order valence-corrected chi connectivity index (χ4v) is 2.60. The van der Waals surface area contributed by atoms with E-state index in [-0.39, 0.29) is 17.6 Å². The summed E-state index contributed by atoms with van der Waals surface area (Å²) in [5.74, 6) is -0.632. The molecule has 0 fully saturated rings. The average molecular weight is 333 g/mol. The number of hydrogen-bond acceptors (Lipinski definition) is 4. The zero-order valence-corrected chi connectivity index (χ0v) is 14.8. The molecule has 0 bridgehead atoms. The molecule has 0 aliphatic rings. The number of Topliss-reactive ketones (excluding diaryl/α,β-unsaturated/α-hetero) is 1. The average Bonchev–Trinajstić information content (AvgIpc) is 2.52. The van der Waals surface area contributed by atoms with Gasteiger partial charge in [-0.2, -0.15) is 0 Å². The molecular weight excluding hydrogens is 306 g/mol. The molecule has 24 heavy (non-hydrogen) atoms. The first-order chi connectivity index (χ1) is 11.2. The predicted molar refractivity (Wildman–Crippen MR) is 93.4 cm³/mol. The third kappa shape index (κ3) is 6.24. The maximum atomic E-state index is 12.8. The summed E-state index contributed by atoms with van der Waals surface area (Å²) in [5.41, 5.74) is 0.982. The molecule has 5 heteroatoms. The number of benzene rings is 1. The van der Waals surface area contributed by atoms with Crippen LogP contribution in [-0.4, -0.2) is 35.2 Å². The highest BCUT2D eigenvalue weighted by molar-refractivity contribution is 6.00. The highest BCUT2D eigenvalue weighted by Gasteiger charge is 2.28. The van der Waals surface area contributed by atoms with E-state index in [0.717, 1.165) is 6.29 Å². The maximum Gasteiger partial charge on any atom is 0.320 e. The van der Waals surface area contributed by atoms with Crippen molar-refractivity contribution in [3.8, 4) is 0 Å². The molecule has 0 saturated heterocycles. The normalized spacial score (nSPS) is 13.8. The van der Waals surface area contributed by atoms with Crippen molar-refractivity contribution in [1.29, 1.82) is 0 Å². The number of carboxylic acids is 1. The fourth-order valence-electron chi connectivity index (χ4n) is 2.60. The lowest BCUT2D eigenvalue weighted by atomic mass is 9.93. The van der Waals surface area contributed by atoms with E-state index < -0.39 is 18.1 Å². The number of carboxylic acid groups (broad SMARTS) is 1. The lowest BCUT2D eigenvalue weighted by Gasteiger charge is -2.25. The molecule has 0 aliphatic heterocycles. The van der Waals surface area contributed by atoms with Crippen LogP contribution in [0.5, 0.6) is 0 Å². The first kappa shape index (κ1) is 20.0. The summed E-state index contributed by atoms with van der Waals surface area (Å²) in [7, 11) is 0. The molecule has 0 unspecified atom stereocenters. The van der Waals surface area contributed by atoms with Crippen molar-refractivity contribution in [2.24, 2.45) is 11.8 Å². The van der Waals surface area contributed by atoms with Gasteiger partial charge in [-0.25, -0.2) is 0 Å². The minimum atomic E-state index is -0.943. The predicted octanol–water partition coefficient (Wildman–Crippen LogP) is 3.19. The molecular formula is C19H27NO4. The van der Waals surface area contributed by atoms with Crippen molar-refractivity contribution in [3.63, 3.8) is 0 Å². The van der Waals surface area contributed by atoms with Crippen LogP contribution in [0, 0.1) is 11.8 Å². The first-order valence-corrected chi connectivity index (χ1v) is 8.32. The minimum Gasteiger partial charge on any atom is -0.480 e. The summed E-state index contributed by atoms with van der Waals surface area (Å²) in [6, 6.07) is 5.09. The first-order valence-electron chi connectivity index (χ1n) is 8.32. The van der Waals surface area contributed by atoms with Crippen LogP contribution in [0.1, 0.15) is 61.3 Å². The number of rotatable bonds is 10. The van der Waals surface area contributed by atoms with Gasteiger partial charge in [0.25, 0.3) is 0 Å². The van der Waals surface area contributed by atoms with E-state index in [2.05, 4.69) is 5.32 Å². The summed E-state index contributed by atoms with van der Waals surface area (Å²) in [5, 5.41) is 12.4. The molecule has 0 spiro atoms. The van der Waals surface area contributed by atoms with Crippen molar-refractivity contribution >= 4 is 18.0 Å². The molecule has 0 aliphatic carbocycles. The van der Waals surface area contributed by atoms with Crippen LogP contribution in [-0.2, 0) is 4.79 Å². The molecule has 132 valence electrons. The van der Waals surface area contributed by atoms with Crippen LogP contribution >= 0.6 is 0 Å². The van der Waals surface area contributed by atoms with Crippen LogP contribution in [0.4, 0.5) is 0 Å². The Hall–Kier alpha value is -2.01. The van der Waals surface area contributed by atoms with Gasteiger partial charge >= 0.3 is 5.97 Å². The highest BCUT2D eigenvalue weighted by Crippen LogP contribution is 2.15. The van der Waals surface area contributed by atoms with Gasteiger partial charge in [-0.15, -0.1) is 0 Å². The summed E-state index contributed by atoms with van der Waals surface area (Å²) in [6.45, 7) is 7.90. The molecule has 0 amide bonds. The van der Waals surface area contributed by atoms with Crippen LogP contribution in [0.2, 0.25) is 0 Å². The Balaban J connectivity index is 2.98. The Bertz CT molecular complexity index is 563. The van der Waals surface area contributed by atoms with Crippen LogP contribution < -0.4 is 5.32 Å². The van der Waals surface area contributed by atoms with Gasteiger partial charge in [0, 0.05) is 11.1 Å². The minimum absolute atomic E-state index is 0.142. The van der Waals surface area contributed by atoms with E-state index in [1.54, 1.807) is 24.3 Å². The summed E-state index contributed by atoms with van der Waals surface area (Å²) in [4.78, 5) is 35.0. The fraction of sp³-hybridized carbons (Fsp3) is 0.526. The Kier molecular flexibility index (Phi) is 7.79. The van der Waals surface area contributed by atoms with Gasteiger partial charge < -0.3 is 5.11 Å². The monoisotopic (exact) mass is 333 g/mol. The molecule has 0 saturated carbocycles. The number of ketones is 1. The van der Waals surface area contributed by atoms with E-state index in [9.17, 15) is 19.5 Å². The Morgan fingerprint density at radius 2 is 1.50 bits per heavy atom. The summed E-state index contributed by atoms with van der Waals surface area (Å²) in [6.07, 6.45) is 1.73. The summed E-state index contributed by atoms with van der Waals surface area (Å²) >= 11 is 0. The smallest absolute Gasteiger partial charge is 0.320 e. The largest absolute Gasteiger partial charge is 0.480 e. The Morgan fingerprint density at radius 3 is 1.92 bits per heavy atom. The topological polar surface area (TPSA) is 83.5 Å². The van der Waals surface area contributed by atoms with Crippen LogP contribution in [0.25, 0.3) is 0 Å². The van der Waals surface area contributed by atoms with E-state index in [0.29, 0.717) is 24.0 Å². The molecule has 1 rings (SSSR count). The van der Waals surface area contributed by atoms with E-state index >= 15 is 0 Å². The lowest BCUT2D eigenvalue weighted by molar-refractivity contribution is -0.140. The Morgan fingerprint density at radius 1 is 1.00 bits per heavy atom. The second kappa shape index (κ2) is 9.33. The van der Waals surface area contributed by atoms with Gasteiger partial charge in [0.05, 0.1) is 6.04 Å². The van der Waals surface area contributed by atoms with Crippen molar-refractivity contribution in [3.05, 3.63) is 35.4 Å². The number of carbonyl (C=O) groups excluding carboxylic acids is 2. The molecule has 5 nitrogen and oxygen atoms in total. The molecule has 0 heterocycles. The van der Waals surface area contributed by atoms with Crippen molar-refractivity contribution in [2.75, 3.05) is 0 Å². The number of carbonyl (C=O) groups is 3. The van der Waals surface area contributed by atoms with Gasteiger partial charge in [0.1, 0.15) is 12.3 Å². The molecule has 2 atom stereocenters. The zero-order valence-electron chi connectivity index (χ0n) is 14.8.